The summed E-state index contributed by atoms with van der Waals surface area (Å²) in [6.45, 7) is 2.69. The van der Waals surface area contributed by atoms with Gasteiger partial charge in [0, 0.05) is 36.4 Å². The van der Waals surface area contributed by atoms with Gasteiger partial charge in [0.05, 0.1) is 10.6 Å². The molecule has 9 nitrogen and oxygen atoms in total. The molecule has 2 heterocycles. The molecule has 2 aliphatic rings. The number of hydrogen-bond donors (Lipinski definition) is 1. The number of aliphatic imine (C=N–C) groups is 2. The van der Waals surface area contributed by atoms with Crippen molar-refractivity contribution in [2.45, 2.75) is 44.4 Å². The van der Waals surface area contributed by atoms with E-state index in [-0.39, 0.29) is 23.9 Å². The van der Waals surface area contributed by atoms with Gasteiger partial charge in [0.15, 0.2) is 5.17 Å². The van der Waals surface area contributed by atoms with E-state index in [0.29, 0.717) is 35.4 Å². The Hall–Kier alpha value is -3.53. The van der Waals surface area contributed by atoms with Gasteiger partial charge in [-0.3, -0.25) is 24.7 Å². The van der Waals surface area contributed by atoms with Crippen LogP contribution < -0.4 is 5.32 Å². The molecule has 2 amide bonds. The zero-order chi connectivity index (χ0) is 24.1. The fraction of sp³-hybridized carbons (Fsp3) is 0.333. The Balaban J connectivity index is 1.51. The molecule has 0 unspecified atom stereocenters. The maximum absolute atomic E-state index is 13.3. The van der Waals surface area contributed by atoms with Gasteiger partial charge in [-0.15, -0.1) is 0 Å². The second-order valence-corrected chi connectivity index (χ2v) is 8.95. The van der Waals surface area contributed by atoms with Crippen LogP contribution in [0.5, 0.6) is 0 Å². The number of unbranched alkanes of at least 4 members (excludes halogenated alkanes) is 1. The van der Waals surface area contributed by atoms with E-state index in [2.05, 4.69) is 22.2 Å². The first-order valence-electron chi connectivity index (χ1n) is 11.2. The first-order chi connectivity index (χ1) is 16.5. The number of nitro groups is 1. The summed E-state index contributed by atoms with van der Waals surface area (Å²) < 4.78 is 0. The first-order valence-corrected chi connectivity index (χ1v) is 12.2. The van der Waals surface area contributed by atoms with Crippen molar-refractivity contribution in [3.63, 3.8) is 0 Å². The highest BCUT2D eigenvalue weighted by molar-refractivity contribution is 8.13. The lowest BCUT2D eigenvalue weighted by Crippen LogP contribution is -2.41. The van der Waals surface area contributed by atoms with Crippen LogP contribution >= 0.6 is 11.8 Å². The number of nitrogens with one attached hydrogen (secondary N) is 1. The molecule has 0 fully saturated rings. The van der Waals surface area contributed by atoms with E-state index in [1.165, 1.54) is 28.8 Å². The fourth-order valence-corrected chi connectivity index (χ4v) is 4.70. The molecule has 1 N–H and O–H groups in total. The molecule has 176 valence electrons. The second kappa shape index (κ2) is 10.6. The summed E-state index contributed by atoms with van der Waals surface area (Å²) in [6, 6.07) is 13.2. The molecule has 0 saturated carbocycles. The van der Waals surface area contributed by atoms with Gasteiger partial charge in [0.1, 0.15) is 11.9 Å². The number of fused-ring (bicyclic) bond motifs is 3. The summed E-state index contributed by atoms with van der Waals surface area (Å²) in [7, 11) is 0. The van der Waals surface area contributed by atoms with Gasteiger partial charge in [-0.1, -0.05) is 49.4 Å². The molecule has 0 saturated heterocycles. The van der Waals surface area contributed by atoms with E-state index in [4.69, 9.17) is 0 Å². The summed E-state index contributed by atoms with van der Waals surface area (Å²) in [5.41, 5.74) is 2.26. The van der Waals surface area contributed by atoms with Crippen LogP contribution in [0.25, 0.3) is 0 Å². The van der Waals surface area contributed by atoms with Crippen molar-refractivity contribution in [1.29, 1.82) is 0 Å². The minimum Gasteiger partial charge on any atom is -0.356 e. The third-order valence-corrected chi connectivity index (χ3v) is 6.54. The van der Waals surface area contributed by atoms with E-state index in [1.54, 1.807) is 12.1 Å². The number of nitrogens with zero attached hydrogens (tertiary/aromatic N) is 4. The standard InChI is InChI=1S/C24H25N5O4S/c1-2-3-13-25-21(30)12-11-20-23(31)28-22(26-20)18-9-4-5-10-19(18)27-24(28)34-15-16-7-6-8-17(14-16)29(32)33/h4-10,14,20H,2-3,11-13,15H2,1H3,(H,25,30)/t20-/m1/s1. The van der Waals surface area contributed by atoms with Crippen molar-refractivity contribution in [1.82, 2.24) is 10.2 Å². The minimum absolute atomic E-state index is 0.0193. The third kappa shape index (κ3) is 5.17. The molecule has 0 aliphatic carbocycles. The van der Waals surface area contributed by atoms with Gasteiger partial charge in [0.25, 0.3) is 11.6 Å². The Labute approximate surface area is 201 Å². The van der Waals surface area contributed by atoms with Crippen LogP contribution in [0.1, 0.15) is 43.7 Å². The molecule has 2 aromatic carbocycles. The lowest BCUT2D eigenvalue weighted by Gasteiger charge is -2.25. The van der Waals surface area contributed by atoms with Crippen molar-refractivity contribution in [3.05, 3.63) is 69.8 Å². The number of thioether (sulfide) groups is 1. The quantitative estimate of drug-likeness (QED) is 0.329. The average molecular weight is 480 g/mol. The number of hydrogen-bond acceptors (Lipinski definition) is 7. The molecule has 2 aromatic rings. The van der Waals surface area contributed by atoms with Crippen LogP contribution in [0.4, 0.5) is 11.4 Å². The predicted molar refractivity (Wildman–Crippen MR) is 132 cm³/mol. The van der Waals surface area contributed by atoms with Gasteiger partial charge < -0.3 is 5.32 Å². The van der Waals surface area contributed by atoms with Crippen LogP contribution in [0.3, 0.4) is 0 Å². The van der Waals surface area contributed by atoms with E-state index >= 15 is 0 Å². The predicted octanol–water partition coefficient (Wildman–Crippen LogP) is 4.18. The van der Waals surface area contributed by atoms with Crippen LogP contribution in [-0.4, -0.2) is 45.2 Å². The average Bonchev–Trinajstić information content (AvgIpc) is 3.18. The molecule has 2 aliphatic heterocycles. The molecule has 0 bridgehead atoms. The highest BCUT2D eigenvalue weighted by Crippen LogP contribution is 2.35. The lowest BCUT2D eigenvalue weighted by molar-refractivity contribution is -0.384. The van der Waals surface area contributed by atoms with Crippen LogP contribution in [0.2, 0.25) is 0 Å². The molecular weight excluding hydrogens is 454 g/mol. The number of benzene rings is 2. The lowest BCUT2D eigenvalue weighted by atomic mass is 10.1. The molecule has 1 atom stereocenters. The van der Waals surface area contributed by atoms with Crippen molar-refractivity contribution in [3.8, 4) is 0 Å². The molecular formula is C24H25N5O4S. The summed E-state index contributed by atoms with van der Waals surface area (Å²) in [4.78, 5) is 46.9. The highest BCUT2D eigenvalue weighted by Gasteiger charge is 2.41. The SMILES string of the molecule is CCCCNC(=O)CC[C@H]1N=C2c3ccccc3N=C(SCc3cccc([N+](=O)[O-])c3)N2C1=O. The summed E-state index contributed by atoms with van der Waals surface area (Å²) >= 11 is 1.33. The van der Waals surface area contributed by atoms with Crippen LogP contribution in [0, 0.1) is 10.1 Å². The Kier molecular flexibility index (Phi) is 7.36. The van der Waals surface area contributed by atoms with E-state index in [0.717, 1.165) is 24.0 Å². The van der Waals surface area contributed by atoms with E-state index in [1.807, 2.05) is 24.3 Å². The number of nitro benzene ring substituents is 1. The number of amidine groups is 2. The number of carbonyl (C=O) groups excluding carboxylic acids is 2. The van der Waals surface area contributed by atoms with Gasteiger partial charge in [-0.2, -0.15) is 0 Å². The molecule has 0 radical (unpaired) electrons. The van der Waals surface area contributed by atoms with E-state index in [9.17, 15) is 19.7 Å². The molecule has 4 rings (SSSR count). The highest BCUT2D eigenvalue weighted by atomic mass is 32.2. The fourth-order valence-electron chi connectivity index (χ4n) is 3.76. The zero-order valence-electron chi connectivity index (χ0n) is 18.8. The van der Waals surface area contributed by atoms with Gasteiger partial charge in [0.2, 0.25) is 5.91 Å². The Bertz CT molecular complexity index is 1180. The van der Waals surface area contributed by atoms with Gasteiger partial charge in [-0.05, 0) is 30.5 Å². The number of rotatable bonds is 9. The Morgan fingerprint density at radius 3 is 2.85 bits per heavy atom. The third-order valence-electron chi connectivity index (χ3n) is 5.53. The molecule has 10 heteroatoms. The topological polar surface area (TPSA) is 117 Å². The number of non-ortho nitro benzene ring substituents is 1. The summed E-state index contributed by atoms with van der Waals surface area (Å²) in [6.07, 6.45) is 2.46. The van der Waals surface area contributed by atoms with Gasteiger partial charge in [-0.25, -0.2) is 9.89 Å². The number of para-hydroxylation sites is 1. The smallest absolute Gasteiger partial charge is 0.269 e. The largest absolute Gasteiger partial charge is 0.356 e. The maximum Gasteiger partial charge on any atom is 0.269 e. The first kappa shape index (κ1) is 23.6. The summed E-state index contributed by atoms with van der Waals surface area (Å²) in [5, 5.41) is 14.4. The van der Waals surface area contributed by atoms with Crippen molar-refractivity contribution in [2.75, 3.05) is 6.54 Å². The molecule has 0 spiro atoms. The van der Waals surface area contributed by atoms with Gasteiger partial charge >= 0.3 is 0 Å². The second-order valence-electron chi connectivity index (χ2n) is 8.01. The zero-order valence-corrected chi connectivity index (χ0v) is 19.6. The van der Waals surface area contributed by atoms with Crippen molar-refractivity contribution >= 4 is 46.0 Å². The van der Waals surface area contributed by atoms with Crippen molar-refractivity contribution in [2.24, 2.45) is 9.98 Å². The summed E-state index contributed by atoms with van der Waals surface area (Å²) in [5.74, 6) is 0.648. The maximum atomic E-state index is 13.3. The molecule has 0 aromatic heterocycles. The number of carbonyl (C=O) groups is 2. The number of amides is 2. The monoisotopic (exact) mass is 479 g/mol. The van der Waals surface area contributed by atoms with Crippen molar-refractivity contribution < 1.29 is 14.5 Å². The Morgan fingerprint density at radius 2 is 2.06 bits per heavy atom. The molecule has 34 heavy (non-hydrogen) atoms. The Morgan fingerprint density at radius 1 is 1.24 bits per heavy atom. The van der Waals surface area contributed by atoms with E-state index < -0.39 is 11.0 Å². The normalized spacial score (nSPS) is 16.4. The van der Waals surface area contributed by atoms with Crippen LogP contribution in [0.15, 0.2) is 58.5 Å². The minimum atomic E-state index is -0.651. The van der Waals surface area contributed by atoms with Crippen LogP contribution in [-0.2, 0) is 15.3 Å².